The van der Waals surface area contributed by atoms with Crippen LogP contribution >= 0.6 is 58.1 Å². The SMILES string of the molecule is C=C(C)CSc1nnc(SCC(=O)Nc2c(Cl)cccc2Cl)s1. The average Bonchev–Trinajstić information content (AvgIpc) is 2.95. The molecule has 0 spiro atoms. The number of carbonyl (C=O) groups excluding carboxylic acids is 1. The van der Waals surface area contributed by atoms with E-state index in [1.807, 2.05) is 6.92 Å². The minimum Gasteiger partial charge on any atom is -0.323 e. The van der Waals surface area contributed by atoms with E-state index >= 15 is 0 Å². The van der Waals surface area contributed by atoms with E-state index in [1.54, 1.807) is 30.0 Å². The largest absolute Gasteiger partial charge is 0.323 e. The molecule has 0 fully saturated rings. The highest BCUT2D eigenvalue weighted by Crippen LogP contribution is 2.31. The van der Waals surface area contributed by atoms with Crippen LogP contribution < -0.4 is 5.32 Å². The van der Waals surface area contributed by atoms with Gasteiger partial charge in [-0.3, -0.25) is 4.79 Å². The Hall–Kier alpha value is -0.730. The molecule has 4 nitrogen and oxygen atoms in total. The maximum atomic E-state index is 12.0. The fourth-order valence-electron chi connectivity index (χ4n) is 1.42. The van der Waals surface area contributed by atoms with Crippen LogP contribution in [0.15, 0.2) is 39.0 Å². The van der Waals surface area contributed by atoms with Crippen LogP contribution in [0.2, 0.25) is 10.0 Å². The number of aromatic nitrogens is 2. The molecule has 1 N–H and O–H groups in total. The van der Waals surface area contributed by atoms with E-state index in [-0.39, 0.29) is 11.7 Å². The first kappa shape index (κ1) is 18.6. The van der Waals surface area contributed by atoms with Crippen LogP contribution in [0.25, 0.3) is 0 Å². The van der Waals surface area contributed by atoms with Crippen molar-refractivity contribution in [3.63, 3.8) is 0 Å². The average molecular weight is 406 g/mol. The van der Waals surface area contributed by atoms with Crippen molar-refractivity contribution in [2.45, 2.75) is 15.6 Å². The van der Waals surface area contributed by atoms with Crippen LogP contribution in [0.1, 0.15) is 6.92 Å². The number of hydrogen-bond donors (Lipinski definition) is 1. The highest BCUT2D eigenvalue weighted by molar-refractivity contribution is 8.03. The Bertz CT molecular complexity index is 701. The number of anilines is 1. The third-order valence-electron chi connectivity index (χ3n) is 2.38. The number of nitrogens with zero attached hydrogens (tertiary/aromatic N) is 2. The smallest absolute Gasteiger partial charge is 0.234 e. The molecule has 0 aliphatic carbocycles. The van der Waals surface area contributed by atoms with Crippen molar-refractivity contribution in [1.82, 2.24) is 10.2 Å². The minimum atomic E-state index is -0.198. The summed E-state index contributed by atoms with van der Waals surface area (Å²) in [6, 6.07) is 5.07. The lowest BCUT2D eigenvalue weighted by atomic mass is 10.3. The number of nitrogens with one attached hydrogen (secondary N) is 1. The summed E-state index contributed by atoms with van der Waals surface area (Å²) in [6.45, 7) is 5.81. The zero-order chi connectivity index (χ0) is 16.8. The second-order valence-corrected chi connectivity index (χ2v) is 8.75. The Morgan fingerprint density at radius 2 is 1.78 bits per heavy atom. The van der Waals surface area contributed by atoms with Crippen molar-refractivity contribution in [3.05, 3.63) is 40.4 Å². The summed E-state index contributed by atoms with van der Waals surface area (Å²) >= 11 is 16.4. The highest BCUT2D eigenvalue weighted by Gasteiger charge is 2.12. The molecule has 23 heavy (non-hydrogen) atoms. The number of thioether (sulfide) groups is 2. The number of rotatable bonds is 7. The van der Waals surface area contributed by atoms with E-state index in [0.29, 0.717) is 15.7 Å². The Morgan fingerprint density at radius 1 is 1.22 bits per heavy atom. The third-order valence-corrected chi connectivity index (χ3v) is 6.43. The number of halogens is 2. The first-order valence-electron chi connectivity index (χ1n) is 6.43. The molecule has 1 aromatic carbocycles. The third kappa shape index (κ3) is 6.00. The molecule has 1 heterocycles. The van der Waals surface area contributed by atoms with E-state index in [0.717, 1.165) is 20.0 Å². The summed E-state index contributed by atoms with van der Waals surface area (Å²) in [4.78, 5) is 12.0. The second kappa shape index (κ2) is 8.94. The number of carbonyl (C=O) groups is 1. The van der Waals surface area contributed by atoms with Gasteiger partial charge in [-0.2, -0.15) is 0 Å². The fraction of sp³-hybridized carbons (Fsp3) is 0.214. The lowest BCUT2D eigenvalue weighted by Gasteiger charge is -2.08. The Morgan fingerprint density at radius 3 is 2.35 bits per heavy atom. The van der Waals surface area contributed by atoms with Crippen LogP contribution in [0, 0.1) is 0 Å². The number of amides is 1. The summed E-state index contributed by atoms with van der Waals surface area (Å²) in [6.07, 6.45) is 0. The van der Waals surface area contributed by atoms with E-state index in [2.05, 4.69) is 22.1 Å². The summed E-state index contributed by atoms with van der Waals surface area (Å²) < 4.78 is 1.61. The standard InChI is InChI=1S/C14H13Cl2N3OS3/c1-8(2)6-21-13-18-19-14(23-13)22-7-11(20)17-12-9(15)4-3-5-10(12)16/h3-5H,1,6-7H2,2H3,(H,17,20). The van der Waals surface area contributed by atoms with Gasteiger partial charge in [-0.1, -0.05) is 76.3 Å². The molecule has 0 radical (unpaired) electrons. The van der Waals surface area contributed by atoms with Gasteiger partial charge in [0.15, 0.2) is 8.68 Å². The van der Waals surface area contributed by atoms with Gasteiger partial charge in [0.05, 0.1) is 21.5 Å². The molecule has 2 rings (SSSR count). The molecule has 9 heteroatoms. The maximum absolute atomic E-state index is 12.0. The predicted octanol–water partition coefficient (Wildman–Crippen LogP) is 5.24. The van der Waals surface area contributed by atoms with Gasteiger partial charge in [0.25, 0.3) is 0 Å². The molecular formula is C14H13Cl2N3OS3. The highest BCUT2D eigenvalue weighted by atomic mass is 35.5. The second-order valence-electron chi connectivity index (χ2n) is 4.51. The maximum Gasteiger partial charge on any atom is 0.234 e. The van der Waals surface area contributed by atoms with Crippen LogP contribution in [0.3, 0.4) is 0 Å². The Labute approximate surface area is 157 Å². The monoisotopic (exact) mass is 405 g/mol. The fourth-order valence-corrected chi connectivity index (χ4v) is 4.57. The molecule has 0 saturated carbocycles. The number of benzene rings is 1. The minimum absolute atomic E-state index is 0.198. The van der Waals surface area contributed by atoms with Gasteiger partial charge in [-0.15, -0.1) is 10.2 Å². The van der Waals surface area contributed by atoms with E-state index < -0.39 is 0 Å². The molecule has 1 aromatic heterocycles. The summed E-state index contributed by atoms with van der Waals surface area (Å²) in [5, 5.41) is 11.7. The predicted molar refractivity (Wildman–Crippen MR) is 101 cm³/mol. The van der Waals surface area contributed by atoms with Crippen LogP contribution in [-0.2, 0) is 4.79 Å². The molecule has 0 bridgehead atoms. The van der Waals surface area contributed by atoms with Gasteiger partial charge in [-0.05, 0) is 19.1 Å². The van der Waals surface area contributed by atoms with Crippen LogP contribution in [-0.4, -0.2) is 27.6 Å². The lowest BCUT2D eigenvalue weighted by Crippen LogP contribution is -2.14. The Kier molecular flexibility index (Phi) is 7.23. The van der Waals surface area contributed by atoms with E-state index in [4.69, 9.17) is 23.2 Å². The summed E-state index contributed by atoms with van der Waals surface area (Å²) in [7, 11) is 0. The van der Waals surface area contributed by atoms with Crippen molar-refractivity contribution in [2.24, 2.45) is 0 Å². The van der Waals surface area contributed by atoms with Crippen LogP contribution in [0.4, 0.5) is 5.69 Å². The van der Waals surface area contributed by atoms with Crippen molar-refractivity contribution in [2.75, 3.05) is 16.8 Å². The zero-order valence-electron chi connectivity index (χ0n) is 12.1. The van der Waals surface area contributed by atoms with Gasteiger partial charge in [0, 0.05) is 5.75 Å². The van der Waals surface area contributed by atoms with Crippen molar-refractivity contribution in [1.29, 1.82) is 0 Å². The molecule has 0 atom stereocenters. The molecule has 0 unspecified atom stereocenters. The molecular weight excluding hydrogens is 393 g/mol. The van der Waals surface area contributed by atoms with Gasteiger partial charge < -0.3 is 5.32 Å². The van der Waals surface area contributed by atoms with E-state index in [9.17, 15) is 4.79 Å². The quantitative estimate of drug-likeness (QED) is 0.503. The van der Waals surface area contributed by atoms with Crippen molar-refractivity contribution >= 4 is 69.7 Å². The topological polar surface area (TPSA) is 54.9 Å². The molecule has 122 valence electrons. The van der Waals surface area contributed by atoms with E-state index in [1.165, 1.54) is 23.1 Å². The first-order chi connectivity index (χ1) is 11.0. The molecule has 1 amide bonds. The summed E-state index contributed by atoms with van der Waals surface area (Å²) in [5.41, 5.74) is 1.51. The van der Waals surface area contributed by atoms with Crippen molar-refractivity contribution in [3.8, 4) is 0 Å². The normalized spacial score (nSPS) is 10.6. The molecule has 0 aliphatic rings. The summed E-state index contributed by atoms with van der Waals surface area (Å²) in [5.74, 6) is 0.822. The van der Waals surface area contributed by atoms with Crippen molar-refractivity contribution < 1.29 is 4.79 Å². The number of para-hydroxylation sites is 1. The molecule has 2 aromatic rings. The van der Waals surface area contributed by atoms with Gasteiger partial charge in [-0.25, -0.2) is 0 Å². The van der Waals surface area contributed by atoms with Gasteiger partial charge in [0.2, 0.25) is 5.91 Å². The first-order valence-corrected chi connectivity index (χ1v) is 9.97. The molecule has 0 saturated heterocycles. The van der Waals surface area contributed by atoms with Gasteiger partial charge in [0.1, 0.15) is 0 Å². The Balaban J connectivity index is 1.86. The molecule has 0 aliphatic heterocycles. The van der Waals surface area contributed by atoms with Gasteiger partial charge >= 0.3 is 0 Å². The lowest BCUT2D eigenvalue weighted by molar-refractivity contribution is -0.113. The zero-order valence-corrected chi connectivity index (χ0v) is 16.1. The van der Waals surface area contributed by atoms with Crippen LogP contribution in [0.5, 0.6) is 0 Å². The number of hydrogen-bond acceptors (Lipinski definition) is 6.